The second-order valence-electron chi connectivity index (χ2n) is 5.05. The number of phenols is 1. The molecule has 0 unspecified atom stereocenters. The number of aliphatic imine (C=N–C) groups is 1. The maximum Gasteiger partial charge on any atom is 0.224 e. The van der Waals surface area contributed by atoms with Crippen LogP contribution in [0.2, 0.25) is 15.1 Å². The molecule has 0 heterocycles. The van der Waals surface area contributed by atoms with E-state index in [4.69, 9.17) is 34.8 Å². The highest BCUT2D eigenvalue weighted by Gasteiger charge is 2.07. The van der Waals surface area contributed by atoms with Gasteiger partial charge in [-0.1, -0.05) is 41.7 Å². The van der Waals surface area contributed by atoms with Crippen molar-refractivity contribution in [3.05, 3.63) is 51.0 Å². The molecule has 0 saturated carbocycles. The summed E-state index contributed by atoms with van der Waals surface area (Å²) in [4.78, 5) is 15.9. The first-order valence-corrected chi connectivity index (χ1v) is 8.35. The summed E-state index contributed by atoms with van der Waals surface area (Å²) in [6.45, 7) is 1.93. The summed E-state index contributed by atoms with van der Waals surface area (Å²) in [7, 11) is 0. The SMILES string of the molecule is CCCC(=O)Nc1ccc(Cl)c(N=Cc2cc(Cl)cc(Cl)c2O)c1. The third-order valence-electron chi connectivity index (χ3n) is 3.11. The topological polar surface area (TPSA) is 61.7 Å². The fourth-order valence-corrected chi connectivity index (χ4v) is 2.64. The van der Waals surface area contributed by atoms with Gasteiger partial charge in [-0.3, -0.25) is 9.79 Å². The molecular weight excluding hydrogens is 371 g/mol. The Morgan fingerprint density at radius 3 is 2.67 bits per heavy atom. The lowest BCUT2D eigenvalue weighted by atomic mass is 10.2. The summed E-state index contributed by atoms with van der Waals surface area (Å²) in [6.07, 6.45) is 2.61. The lowest BCUT2D eigenvalue weighted by Crippen LogP contribution is -2.10. The van der Waals surface area contributed by atoms with Crippen LogP contribution in [0.25, 0.3) is 0 Å². The Hall–Kier alpha value is -1.75. The van der Waals surface area contributed by atoms with Crippen LogP contribution in [-0.2, 0) is 4.79 Å². The summed E-state index contributed by atoms with van der Waals surface area (Å²) in [6, 6.07) is 7.96. The highest BCUT2D eigenvalue weighted by Crippen LogP contribution is 2.32. The van der Waals surface area contributed by atoms with Crippen molar-refractivity contribution < 1.29 is 9.90 Å². The maximum absolute atomic E-state index is 11.7. The molecule has 0 bridgehead atoms. The number of hydrogen-bond acceptors (Lipinski definition) is 3. The fraction of sp³-hybridized carbons (Fsp3) is 0.176. The molecule has 2 rings (SSSR count). The molecule has 2 aromatic rings. The molecule has 2 N–H and O–H groups in total. The van der Waals surface area contributed by atoms with Crippen molar-refractivity contribution >= 4 is 58.3 Å². The quantitative estimate of drug-likeness (QED) is 0.635. The standard InChI is InChI=1S/C17H15Cl3N2O2/c1-2-3-16(23)22-12-4-5-13(19)15(8-12)21-9-10-6-11(18)7-14(20)17(10)24/h4-9,24H,2-3H2,1H3,(H,22,23). The van der Waals surface area contributed by atoms with Gasteiger partial charge in [-0.15, -0.1) is 0 Å². The zero-order valence-corrected chi connectivity index (χ0v) is 15.1. The van der Waals surface area contributed by atoms with E-state index in [0.29, 0.717) is 33.4 Å². The van der Waals surface area contributed by atoms with Crippen molar-refractivity contribution in [2.45, 2.75) is 19.8 Å². The molecule has 0 radical (unpaired) electrons. The van der Waals surface area contributed by atoms with Crippen LogP contribution in [0.15, 0.2) is 35.3 Å². The van der Waals surface area contributed by atoms with Crippen LogP contribution in [0.3, 0.4) is 0 Å². The molecule has 7 heteroatoms. The van der Waals surface area contributed by atoms with Crippen molar-refractivity contribution in [3.8, 4) is 5.75 Å². The molecule has 0 aliphatic rings. The average Bonchev–Trinajstić information content (AvgIpc) is 2.52. The van der Waals surface area contributed by atoms with Crippen molar-refractivity contribution in [2.24, 2.45) is 4.99 Å². The van der Waals surface area contributed by atoms with Crippen LogP contribution >= 0.6 is 34.8 Å². The summed E-state index contributed by atoms with van der Waals surface area (Å²) < 4.78 is 0. The first kappa shape index (κ1) is 18.6. The van der Waals surface area contributed by atoms with Crippen molar-refractivity contribution in [1.29, 1.82) is 0 Å². The Labute approximate surface area is 155 Å². The molecule has 0 atom stereocenters. The number of carbonyl (C=O) groups excluding carboxylic acids is 1. The highest BCUT2D eigenvalue weighted by molar-refractivity contribution is 6.36. The molecule has 126 valence electrons. The minimum atomic E-state index is -0.117. The van der Waals surface area contributed by atoms with Gasteiger partial charge in [0, 0.05) is 28.9 Å². The molecular formula is C17H15Cl3N2O2. The molecule has 0 saturated heterocycles. The van der Waals surface area contributed by atoms with Crippen LogP contribution in [0, 0.1) is 0 Å². The van der Waals surface area contributed by atoms with Crippen LogP contribution in [0.4, 0.5) is 11.4 Å². The molecule has 0 fully saturated rings. The number of carbonyl (C=O) groups is 1. The van der Waals surface area contributed by atoms with Gasteiger partial charge in [-0.2, -0.15) is 0 Å². The molecule has 0 aliphatic carbocycles. The van der Waals surface area contributed by atoms with E-state index in [1.165, 1.54) is 18.3 Å². The van der Waals surface area contributed by atoms with Gasteiger partial charge in [0.1, 0.15) is 5.75 Å². The molecule has 4 nitrogen and oxygen atoms in total. The van der Waals surface area contributed by atoms with Crippen LogP contribution in [-0.4, -0.2) is 17.2 Å². The molecule has 0 aromatic heterocycles. The number of amides is 1. The van der Waals surface area contributed by atoms with Gasteiger partial charge in [0.25, 0.3) is 0 Å². The van der Waals surface area contributed by atoms with E-state index >= 15 is 0 Å². The molecule has 0 spiro atoms. The largest absolute Gasteiger partial charge is 0.506 e. The number of halogens is 3. The maximum atomic E-state index is 11.7. The number of aromatic hydroxyl groups is 1. The van der Waals surface area contributed by atoms with E-state index in [1.807, 2.05) is 6.92 Å². The van der Waals surface area contributed by atoms with Gasteiger partial charge in [-0.05, 0) is 36.8 Å². The zero-order valence-electron chi connectivity index (χ0n) is 12.8. The smallest absolute Gasteiger partial charge is 0.224 e. The van der Waals surface area contributed by atoms with E-state index < -0.39 is 0 Å². The number of benzene rings is 2. The highest BCUT2D eigenvalue weighted by atomic mass is 35.5. The molecule has 0 aliphatic heterocycles. The summed E-state index contributed by atoms with van der Waals surface area (Å²) in [5, 5.41) is 13.6. The van der Waals surface area contributed by atoms with E-state index in [0.717, 1.165) is 6.42 Å². The second kappa shape index (κ2) is 8.38. The Morgan fingerprint density at radius 2 is 1.96 bits per heavy atom. The normalized spacial score (nSPS) is 11.0. The van der Waals surface area contributed by atoms with Crippen LogP contribution in [0.5, 0.6) is 5.75 Å². The number of nitrogens with zero attached hydrogens (tertiary/aromatic N) is 1. The van der Waals surface area contributed by atoms with Gasteiger partial charge in [0.15, 0.2) is 0 Å². The third kappa shape index (κ3) is 4.87. The van der Waals surface area contributed by atoms with Crippen molar-refractivity contribution in [1.82, 2.24) is 0 Å². The number of anilines is 1. The lowest BCUT2D eigenvalue weighted by molar-refractivity contribution is -0.116. The monoisotopic (exact) mass is 384 g/mol. The fourth-order valence-electron chi connectivity index (χ4n) is 1.96. The molecule has 1 amide bonds. The van der Waals surface area contributed by atoms with Gasteiger partial charge in [0.05, 0.1) is 15.7 Å². The predicted octanol–water partition coefficient (Wildman–Crippen LogP) is 5.84. The van der Waals surface area contributed by atoms with Gasteiger partial charge in [-0.25, -0.2) is 0 Å². The van der Waals surface area contributed by atoms with Crippen molar-refractivity contribution in [3.63, 3.8) is 0 Å². The second-order valence-corrected chi connectivity index (χ2v) is 6.30. The third-order valence-corrected chi connectivity index (χ3v) is 3.93. The van der Waals surface area contributed by atoms with Crippen LogP contribution in [0.1, 0.15) is 25.3 Å². The van der Waals surface area contributed by atoms with E-state index in [2.05, 4.69) is 10.3 Å². The van der Waals surface area contributed by atoms with Gasteiger partial charge >= 0.3 is 0 Å². The summed E-state index contributed by atoms with van der Waals surface area (Å²) >= 11 is 17.9. The average molecular weight is 386 g/mol. The Bertz CT molecular complexity index is 792. The Kier molecular flexibility index (Phi) is 6.49. The Morgan fingerprint density at radius 1 is 1.21 bits per heavy atom. The number of phenolic OH excluding ortho intramolecular Hbond substituents is 1. The number of hydrogen-bond donors (Lipinski definition) is 2. The van der Waals surface area contributed by atoms with E-state index in [9.17, 15) is 9.90 Å². The number of nitrogens with one attached hydrogen (secondary N) is 1. The molecule has 2 aromatic carbocycles. The zero-order chi connectivity index (χ0) is 17.7. The Balaban J connectivity index is 2.27. The lowest BCUT2D eigenvalue weighted by Gasteiger charge is -2.07. The number of rotatable bonds is 5. The minimum absolute atomic E-state index is 0.0750. The summed E-state index contributed by atoms with van der Waals surface area (Å²) in [5.74, 6) is -0.192. The van der Waals surface area contributed by atoms with Crippen LogP contribution < -0.4 is 5.32 Å². The predicted molar refractivity (Wildman–Crippen MR) is 100 cm³/mol. The van der Waals surface area contributed by atoms with Crippen molar-refractivity contribution in [2.75, 3.05) is 5.32 Å². The van der Waals surface area contributed by atoms with E-state index in [-0.39, 0.29) is 16.7 Å². The first-order valence-electron chi connectivity index (χ1n) is 7.22. The first-order chi connectivity index (χ1) is 11.4. The molecule has 24 heavy (non-hydrogen) atoms. The van der Waals surface area contributed by atoms with Gasteiger partial charge in [0.2, 0.25) is 5.91 Å². The van der Waals surface area contributed by atoms with Gasteiger partial charge < -0.3 is 10.4 Å². The van der Waals surface area contributed by atoms with E-state index in [1.54, 1.807) is 18.2 Å². The summed E-state index contributed by atoms with van der Waals surface area (Å²) in [5.41, 5.74) is 1.41. The minimum Gasteiger partial charge on any atom is -0.506 e.